The van der Waals surface area contributed by atoms with Crippen LogP contribution in [0.25, 0.3) is 0 Å². The van der Waals surface area contributed by atoms with Gasteiger partial charge >= 0.3 is 0 Å². The summed E-state index contributed by atoms with van der Waals surface area (Å²) in [5.74, 6) is 0.778. The monoisotopic (exact) mass is 352 g/mol. The van der Waals surface area contributed by atoms with Crippen LogP contribution in [-0.2, 0) is 0 Å². The molecule has 3 atom stereocenters. The summed E-state index contributed by atoms with van der Waals surface area (Å²) < 4.78 is 1.16. The minimum absolute atomic E-state index is 0.402. The van der Waals surface area contributed by atoms with E-state index < -0.39 is 0 Å². The molecule has 0 spiro atoms. The van der Waals surface area contributed by atoms with Crippen LogP contribution in [0.5, 0.6) is 0 Å². The Kier molecular flexibility index (Phi) is 6.72. The third-order valence-electron chi connectivity index (χ3n) is 4.65. The lowest BCUT2D eigenvalue weighted by Crippen LogP contribution is -2.45. The van der Waals surface area contributed by atoms with Gasteiger partial charge in [0.15, 0.2) is 0 Å². The molecule has 3 heteroatoms. The number of likely N-dealkylation sites (tertiary alicyclic amines) is 1. The van der Waals surface area contributed by atoms with Gasteiger partial charge < -0.3 is 10.2 Å². The number of halogens is 1. The second kappa shape index (κ2) is 8.30. The van der Waals surface area contributed by atoms with E-state index in [1.807, 2.05) is 0 Å². The molecule has 0 aliphatic carbocycles. The van der Waals surface area contributed by atoms with Gasteiger partial charge in [0.05, 0.1) is 0 Å². The van der Waals surface area contributed by atoms with Gasteiger partial charge in [-0.3, -0.25) is 0 Å². The molecule has 1 heterocycles. The van der Waals surface area contributed by atoms with Crippen LogP contribution in [0.3, 0.4) is 0 Å². The van der Waals surface area contributed by atoms with Crippen molar-refractivity contribution in [1.29, 1.82) is 0 Å². The lowest BCUT2D eigenvalue weighted by atomic mass is 9.90. The maximum Gasteiger partial charge on any atom is 0.0294 e. The van der Waals surface area contributed by atoms with Gasteiger partial charge in [0.2, 0.25) is 0 Å². The SMILES string of the molecule is CCCN1CCCC(C(C)NC(C)c2cccc(Br)c2)C1. The van der Waals surface area contributed by atoms with Gasteiger partial charge in [-0.25, -0.2) is 0 Å². The highest BCUT2D eigenvalue weighted by Gasteiger charge is 2.25. The van der Waals surface area contributed by atoms with Crippen molar-refractivity contribution < 1.29 is 0 Å². The van der Waals surface area contributed by atoms with Crippen LogP contribution >= 0.6 is 15.9 Å². The predicted molar refractivity (Wildman–Crippen MR) is 94.6 cm³/mol. The number of rotatable bonds is 6. The Morgan fingerprint density at radius 3 is 2.90 bits per heavy atom. The van der Waals surface area contributed by atoms with Crippen LogP contribution in [0.2, 0.25) is 0 Å². The highest BCUT2D eigenvalue weighted by Crippen LogP contribution is 2.23. The minimum Gasteiger partial charge on any atom is -0.307 e. The van der Waals surface area contributed by atoms with Crippen molar-refractivity contribution in [3.63, 3.8) is 0 Å². The first-order chi connectivity index (χ1) is 10.1. The Hall–Kier alpha value is -0.380. The molecule has 1 aliphatic rings. The molecule has 2 rings (SSSR count). The van der Waals surface area contributed by atoms with Gasteiger partial charge in [0.25, 0.3) is 0 Å². The minimum atomic E-state index is 0.402. The molecule has 0 aromatic heterocycles. The first-order valence-electron chi connectivity index (χ1n) is 8.34. The van der Waals surface area contributed by atoms with Gasteiger partial charge in [-0.1, -0.05) is 35.0 Å². The molecule has 0 saturated carbocycles. The Morgan fingerprint density at radius 1 is 1.38 bits per heavy atom. The molecule has 1 fully saturated rings. The quantitative estimate of drug-likeness (QED) is 0.803. The molecular weight excluding hydrogens is 324 g/mol. The first kappa shape index (κ1) is 17.0. The number of nitrogens with zero attached hydrogens (tertiary/aromatic N) is 1. The maximum atomic E-state index is 3.81. The first-order valence-corrected chi connectivity index (χ1v) is 9.13. The zero-order chi connectivity index (χ0) is 15.2. The van der Waals surface area contributed by atoms with Crippen LogP contribution in [0.4, 0.5) is 0 Å². The molecule has 1 aromatic carbocycles. The molecule has 1 saturated heterocycles. The Morgan fingerprint density at radius 2 is 2.19 bits per heavy atom. The zero-order valence-corrected chi connectivity index (χ0v) is 15.2. The summed E-state index contributed by atoms with van der Waals surface area (Å²) >= 11 is 3.56. The van der Waals surface area contributed by atoms with E-state index in [9.17, 15) is 0 Å². The van der Waals surface area contributed by atoms with Crippen molar-refractivity contribution in [3.8, 4) is 0 Å². The largest absolute Gasteiger partial charge is 0.307 e. The average Bonchev–Trinajstić information content (AvgIpc) is 2.48. The van der Waals surface area contributed by atoms with Crippen LogP contribution < -0.4 is 5.32 Å². The fourth-order valence-electron chi connectivity index (χ4n) is 3.42. The fraction of sp³-hybridized carbons (Fsp3) is 0.667. The molecule has 21 heavy (non-hydrogen) atoms. The van der Waals surface area contributed by atoms with Crippen LogP contribution in [-0.4, -0.2) is 30.6 Å². The topological polar surface area (TPSA) is 15.3 Å². The maximum absolute atomic E-state index is 3.81. The van der Waals surface area contributed by atoms with E-state index in [2.05, 4.69) is 71.2 Å². The number of hydrogen-bond acceptors (Lipinski definition) is 2. The van der Waals surface area contributed by atoms with Gasteiger partial charge in [0.1, 0.15) is 0 Å². The van der Waals surface area contributed by atoms with Gasteiger partial charge in [-0.15, -0.1) is 0 Å². The molecule has 1 aromatic rings. The van der Waals surface area contributed by atoms with E-state index in [0.29, 0.717) is 12.1 Å². The standard InChI is InChI=1S/C18H29BrN2/c1-4-10-21-11-6-8-17(13-21)15(3)20-14(2)16-7-5-9-18(19)12-16/h5,7,9,12,14-15,17,20H,4,6,8,10-11,13H2,1-3H3. The Labute approximate surface area is 138 Å². The summed E-state index contributed by atoms with van der Waals surface area (Å²) in [5, 5.41) is 3.81. The third-order valence-corrected chi connectivity index (χ3v) is 5.14. The Balaban J connectivity index is 1.89. The average molecular weight is 353 g/mol. The van der Waals surface area contributed by atoms with Gasteiger partial charge in [-0.2, -0.15) is 0 Å². The Bertz CT molecular complexity index is 433. The van der Waals surface area contributed by atoms with E-state index in [4.69, 9.17) is 0 Å². The molecule has 2 nitrogen and oxygen atoms in total. The van der Waals surface area contributed by atoms with Gasteiger partial charge in [0, 0.05) is 23.1 Å². The summed E-state index contributed by atoms with van der Waals surface area (Å²) in [7, 11) is 0. The molecule has 118 valence electrons. The number of benzene rings is 1. The normalized spacial score (nSPS) is 23.0. The van der Waals surface area contributed by atoms with Crippen molar-refractivity contribution >= 4 is 15.9 Å². The number of nitrogens with one attached hydrogen (secondary N) is 1. The van der Waals surface area contributed by atoms with E-state index in [0.717, 1.165) is 10.4 Å². The highest BCUT2D eigenvalue weighted by atomic mass is 79.9. The second-order valence-corrected chi connectivity index (χ2v) is 7.35. The molecule has 0 bridgehead atoms. The second-order valence-electron chi connectivity index (χ2n) is 6.43. The molecule has 1 aliphatic heterocycles. The molecule has 0 amide bonds. The van der Waals surface area contributed by atoms with Crippen molar-refractivity contribution in [2.75, 3.05) is 19.6 Å². The van der Waals surface area contributed by atoms with Crippen LogP contribution in [0.1, 0.15) is 51.6 Å². The lowest BCUT2D eigenvalue weighted by Gasteiger charge is -2.37. The fourth-order valence-corrected chi connectivity index (χ4v) is 3.84. The van der Waals surface area contributed by atoms with Crippen molar-refractivity contribution in [2.45, 2.75) is 52.1 Å². The lowest BCUT2D eigenvalue weighted by molar-refractivity contribution is 0.147. The predicted octanol–water partition coefficient (Wildman–Crippen LogP) is 4.61. The van der Waals surface area contributed by atoms with Crippen LogP contribution in [0.15, 0.2) is 28.7 Å². The molecular formula is C18H29BrN2. The number of piperidine rings is 1. The van der Waals surface area contributed by atoms with Crippen molar-refractivity contribution in [1.82, 2.24) is 10.2 Å². The summed E-state index contributed by atoms with van der Waals surface area (Å²) in [6.07, 6.45) is 3.98. The van der Waals surface area contributed by atoms with Crippen molar-refractivity contribution in [2.24, 2.45) is 5.92 Å². The molecule has 3 unspecified atom stereocenters. The summed E-state index contributed by atoms with van der Waals surface area (Å²) in [6.45, 7) is 10.7. The number of hydrogen-bond donors (Lipinski definition) is 1. The summed E-state index contributed by atoms with van der Waals surface area (Å²) in [6, 6.07) is 9.60. The molecule has 0 radical (unpaired) electrons. The van der Waals surface area contributed by atoms with E-state index in [1.165, 1.54) is 44.5 Å². The smallest absolute Gasteiger partial charge is 0.0294 e. The zero-order valence-electron chi connectivity index (χ0n) is 13.6. The highest BCUT2D eigenvalue weighted by molar-refractivity contribution is 9.10. The van der Waals surface area contributed by atoms with Crippen LogP contribution in [0, 0.1) is 5.92 Å². The van der Waals surface area contributed by atoms with Crippen molar-refractivity contribution in [3.05, 3.63) is 34.3 Å². The van der Waals surface area contributed by atoms with E-state index >= 15 is 0 Å². The van der Waals surface area contributed by atoms with E-state index in [-0.39, 0.29) is 0 Å². The van der Waals surface area contributed by atoms with Gasteiger partial charge in [-0.05, 0) is 69.8 Å². The third kappa shape index (κ3) is 5.08. The summed E-state index contributed by atoms with van der Waals surface area (Å²) in [4.78, 5) is 2.64. The van der Waals surface area contributed by atoms with E-state index in [1.54, 1.807) is 0 Å². The summed E-state index contributed by atoms with van der Waals surface area (Å²) in [5.41, 5.74) is 1.36. The molecule has 1 N–H and O–H groups in total.